The van der Waals surface area contributed by atoms with Gasteiger partial charge in [0.1, 0.15) is 0 Å². The molecule has 3 atom stereocenters. The maximum Gasteiger partial charge on any atom is 0.307 e. The van der Waals surface area contributed by atoms with Crippen molar-refractivity contribution in [2.45, 2.75) is 32.6 Å². The van der Waals surface area contributed by atoms with Gasteiger partial charge < -0.3 is 14.7 Å². The van der Waals surface area contributed by atoms with Crippen LogP contribution in [0.15, 0.2) is 0 Å². The van der Waals surface area contributed by atoms with Crippen molar-refractivity contribution >= 4 is 11.9 Å². The number of carbonyl (C=O) groups is 2. The SMILES string of the molecule is COCC1CCN(C(=O)[C@H]2CC(C)C[C@H]2C(=O)O)CC1. The number of hydrogen-bond acceptors (Lipinski definition) is 3. The molecule has 1 unspecified atom stereocenters. The van der Waals surface area contributed by atoms with E-state index in [4.69, 9.17) is 4.74 Å². The Hall–Kier alpha value is -1.10. The predicted molar refractivity (Wildman–Crippen MR) is 74.2 cm³/mol. The molecule has 1 aliphatic heterocycles. The van der Waals surface area contributed by atoms with E-state index in [-0.39, 0.29) is 11.8 Å². The molecule has 114 valence electrons. The van der Waals surface area contributed by atoms with Gasteiger partial charge in [-0.2, -0.15) is 0 Å². The summed E-state index contributed by atoms with van der Waals surface area (Å²) < 4.78 is 5.16. The first-order chi connectivity index (χ1) is 9.52. The molecule has 0 aromatic carbocycles. The van der Waals surface area contributed by atoms with Crippen LogP contribution in [0.2, 0.25) is 0 Å². The van der Waals surface area contributed by atoms with Gasteiger partial charge in [0.05, 0.1) is 11.8 Å². The van der Waals surface area contributed by atoms with Gasteiger partial charge in [0, 0.05) is 26.8 Å². The molecule has 0 bridgehead atoms. The number of nitrogens with zero attached hydrogens (tertiary/aromatic N) is 1. The third-order valence-corrected chi connectivity index (χ3v) is 4.76. The highest BCUT2D eigenvalue weighted by atomic mass is 16.5. The monoisotopic (exact) mass is 283 g/mol. The van der Waals surface area contributed by atoms with Crippen LogP contribution in [-0.4, -0.2) is 48.7 Å². The summed E-state index contributed by atoms with van der Waals surface area (Å²) in [5, 5.41) is 9.27. The Kier molecular flexibility index (Phi) is 5.02. The molecule has 0 radical (unpaired) electrons. The highest BCUT2D eigenvalue weighted by molar-refractivity contribution is 5.85. The molecule has 2 rings (SSSR count). The summed E-state index contributed by atoms with van der Waals surface area (Å²) in [5.74, 6) is -0.715. The Labute approximate surface area is 120 Å². The number of piperidine rings is 1. The zero-order valence-electron chi connectivity index (χ0n) is 12.4. The first-order valence-corrected chi connectivity index (χ1v) is 7.53. The van der Waals surface area contributed by atoms with E-state index in [1.807, 2.05) is 11.8 Å². The minimum atomic E-state index is -0.818. The fraction of sp³-hybridized carbons (Fsp3) is 0.867. The van der Waals surface area contributed by atoms with Gasteiger partial charge in [0.25, 0.3) is 0 Å². The van der Waals surface area contributed by atoms with Gasteiger partial charge in [-0.05, 0) is 37.5 Å². The number of methoxy groups -OCH3 is 1. The van der Waals surface area contributed by atoms with Gasteiger partial charge in [-0.25, -0.2) is 0 Å². The second kappa shape index (κ2) is 6.57. The van der Waals surface area contributed by atoms with Crippen molar-refractivity contribution in [2.24, 2.45) is 23.7 Å². The smallest absolute Gasteiger partial charge is 0.307 e. The van der Waals surface area contributed by atoms with E-state index in [1.165, 1.54) is 0 Å². The average Bonchev–Trinajstić information content (AvgIpc) is 2.81. The molecular formula is C15H25NO4. The molecule has 1 amide bonds. The summed E-state index contributed by atoms with van der Waals surface area (Å²) in [5.41, 5.74) is 0. The van der Waals surface area contributed by atoms with Crippen molar-refractivity contribution in [3.05, 3.63) is 0 Å². The largest absolute Gasteiger partial charge is 0.481 e. The third kappa shape index (κ3) is 3.32. The van der Waals surface area contributed by atoms with E-state index >= 15 is 0 Å². The van der Waals surface area contributed by atoms with Crippen LogP contribution in [-0.2, 0) is 14.3 Å². The zero-order chi connectivity index (χ0) is 14.7. The van der Waals surface area contributed by atoms with E-state index in [0.29, 0.717) is 24.7 Å². The quantitative estimate of drug-likeness (QED) is 0.851. The first kappa shape index (κ1) is 15.3. The molecule has 1 heterocycles. The van der Waals surface area contributed by atoms with Crippen molar-refractivity contribution in [2.75, 3.05) is 26.8 Å². The van der Waals surface area contributed by atoms with Crippen LogP contribution in [0, 0.1) is 23.7 Å². The maximum atomic E-state index is 12.6. The highest BCUT2D eigenvalue weighted by Gasteiger charge is 2.43. The van der Waals surface area contributed by atoms with Crippen molar-refractivity contribution < 1.29 is 19.4 Å². The number of hydrogen-bond donors (Lipinski definition) is 1. The Bertz CT molecular complexity index is 363. The fourth-order valence-electron chi connectivity index (χ4n) is 3.63. The van der Waals surface area contributed by atoms with Crippen molar-refractivity contribution in [3.63, 3.8) is 0 Å². The molecule has 1 N–H and O–H groups in total. The van der Waals surface area contributed by atoms with Gasteiger partial charge >= 0.3 is 5.97 Å². The van der Waals surface area contributed by atoms with Gasteiger partial charge in [-0.15, -0.1) is 0 Å². The van der Waals surface area contributed by atoms with Crippen LogP contribution in [0.4, 0.5) is 0 Å². The van der Waals surface area contributed by atoms with Crippen molar-refractivity contribution in [1.82, 2.24) is 4.90 Å². The topological polar surface area (TPSA) is 66.8 Å². The van der Waals surface area contributed by atoms with Crippen LogP contribution in [0.25, 0.3) is 0 Å². The molecule has 5 nitrogen and oxygen atoms in total. The summed E-state index contributed by atoms with van der Waals surface area (Å²) in [6.07, 6.45) is 3.26. The maximum absolute atomic E-state index is 12.6. The molecule has 1 saturated heterocycles. The molecule has 2 aliphatic rings. The Morgan fingerprint density at radius 3 is 2.35 bits per heavy atom. The number of amides is 1. The van der Waals surface area contributed by atoms with Crippen LogP contribution in [0.5, 0.6) is 0 Å². The van der Waals surface area contributed by atoms with E-state index < -0.39 is 11.9 Å². The van der Waals surface area contributed by atoms with Gasteiger partial charge in [0.15, 0.2) is 0 Å². The minimum absolute atomic E-state index is 0.0533. The summed E-state index contributed by atoms with van der Waals surface area (Å²) >= 11 is 0. The second-order valence-electron chi connectivity index (χ2n) is 6.35. The van der Waals surface area contributed by atoms with E-state index in [9.17, 15) is 14.7 Å². The van der Waals surface area contributed by atoms with Crippen LogP contribution >= 0.6 is 0 Å². The van der Waals surface area contributed by atoms with E-state index in [1.54, 1.807) is 7.11 Å². The molecule has 0 spiro atoms. The summed E-state index contributed by atoms with van der Waals surface area (Å²) in [6, 6.07) is 0. The van der Waals surface area contributed by atoms with Crippen LogP contribution in [0.3, 0.4) is 0 Å². The van der Waals surface area contributed by atoms with Gasteiger partial charge in [-0.3, -0.25) is 9.59 Å². The van der Waals surface area contributed by atoms with Crippen molar-refractivity contribution in [1.29, 1.82) is 0 Å². The predicted octanol–water partition coefficient (Wildman–Crippen LogP) is 1.62. The van der Waals surface area contributed by atoms with Gasteiger partial charge in [0.2, 0.25) is 5.91 Å². The lowest BCUT2D eigenvalue weighted by Gasteiger charge is -2.34. The van der Waals surface area contributed by atoms with Crippen LogP contribution < -0.4 is 0 Å². The first-order valence-electron chi connectivity index (χ1n) is 7.53. The number of likely N-dealkylation sites (tertiary alicyclic amines) is 1. The number of carboxylic acids is 1. The number of rotatable bonds is 4. The standard InChI is InChI=1S/C15H25NO4/c1-10-7-12(13(8-10)15(18)19)14(17)16-5-3-11(4-6-16)9-20-2/h10-13H,3-9H2,1-2H3,(H,18,19)/t10?,12-,13+/m0/s1. The normalized spacial score (nSPS) is 31.5. The molecule has 2 fully saturated rings. The van der Waals surface area contributed by atoms with E-state index in [0.717, 1.165) is 32.5 Å². The lowest BCUT2D eigenvalue weighted by molar-refractivity contribution is -0.149. The lowest BCUT2D eigenvalue weighted by atomic mass is 9.92. The summed E-state index contributed by atoms with van der Waals surface area (Å²) in [6.45, 7) is 4.27. The molecular weight excluding hydrogens is 258 g/mol. The molecule has 0 aromatic heterocycles. The Morgan fingerprint density at radius 2 is 1.80 bits per heavy atom. The third-order valence-electron chi connectivity index (χ3n) is 4.76. The molecule has 0 aromatic rings. The van der Waals surface area contributed by atoms with Gasteiger partial charge in [-0.1, -0.05) is 6.92 Å². The second-order valence-corrected chi connectivity index (χ2v) is 6.35. The summed E-state index contributed by atoms with van der Waals surface area (Å²) in [7, 11) is 1.70. The number of carboxylic acid groups (broad SMARTS) is 1. The molecule has 1 saturated carbocycles. The highest BCUT2D eigenvalue weighted by Crippen LogP contribution is 2.38. The minimum Gasteiger partial charge on any atom is -0.481 e. The fourth-order valence-corrected chi connectivity index (χ4v) is 3.63. The lowest BCUT2D eigenvalue weighted by Crippen LogP contribution is -2.44. The molecule has 1 aliphatic carbocycles. The Morgan fingerprint density at radius 1 is 1.20 bits per heavy atom. The van der Waals surface area contributed by atoms with Crippen LogP contribution in [0.1, 0.15) is 32.6 Å². The zero-order valence-corrected chi connectivity index (χ0v) is 12.4. The van der Waals surface area contributed by atoms with Crippen molar-refractivity contribution in [3.8, 4) is 0 Å². The Balaban J connectivity index is 1.93. The average molecular weight is 283 g/mol. The molecule has 5 heteroatoms. The number of carbonyl (C=O) groups excluding carboxylic acids is 1. The molecule has 20 heavy (non-hydrogen) atoms. The number of ether oxygens (including phenoxy) is 1. The van der Waals surface area contributed by atoms with E-state index in [2.05, 4.69) is 0 Å². The number of aliphatic carboxylic acids is 1. The summed E-state index contributed by atoms with van der Waals surface area (Å²) in [4.78, 5) is 25.7.